The first-order chi connectivity index (χ1) is 7.44. The zero-order valence-electron chi connectivity index (χ0n) is 10.4. The minimum Gasteiger partial charge on any atom is -0.386 e. The van der Waals surface area contributed by atoms with E-state index in [-0.39, 0.29) is 23.8 Å². The lowest BCUT2D eigenvalue weighted by atomic mass is 9.82. The predicted molar refractivity (Wildman–Crippen MR) is 61.9 cm³/mol. The van der Waals surface area contributed by atoms with E-state index in [1.807, 2.05) is 13.8 Å². The van der Waals surface area contributed by atoms with Gasteiger partial charge in [0.2, 0.25) is 5.91 Å². The number of nitrogens with zero attached hydrogens (tertiary/aromatic N) is 1. The van der Waals surface area contributed by atoms with E-state index < -0.39 is 5.60 Å². The van der Waals surface area contributed by atoms with Gasteiger partial charge < -0.3 is 15.3 Å². The Bertz CT molecular complexity index is 285. The van der Waals surface area contributed by atoms with Gasteiger partial charge in [0.25, 0.3) is 0 Å². The number of likely N-dealkylation sites (tertiary alicyclic amines) is 1. The van der Waals surface area contributed by atoms with Crippen molar-refractivity contribution in [3.63, 3.8) is 0 Å². The fraction of sp³-hybridized carbons (Fsp3) is 0.917. The standard InChI is InChI=1S/C12H22N2O2/c1-8(2)12(16)6-14(7-12)11(15)10-4-5-13-9(10)3/h8-10,13,16H,4-7H2,1-3H3. The molecule has 16 heavy (non-hydrogen) atoms. The first-order valence-corrected chi connectivity index (χ1v) is 6.18. The van der Waals surface area contributed by atoms with E-state index in [1.165, 1.54) is 0 Å². The summed E-state index contributed by atoms with van der Waals surface area (Å²) in [5, 5.41) is 13.4. The Morgan fingerprint density at radius 3 is 2.56 bits per heavy atom. The minimum absolute atomic E-state index is 0.108. The SMILES string of the molecule is CC1NCCC1C(=O)N1CC(O)(C(C)C)C1. The molecule has 2 aliphatic rings. The van der Waals surface area contributed by atoms with E-state index in [9.17, 15) is 9.90 Å². The molecule has 0 aliphatic carbocycles. The van der Waals surface area contributed by atoms with Crippen molar-refractivity contribution in [2.75, 3.05) is 19.6 Å². The van der Waals surface area contributed by atoms with Gasteiger partial charge in [-0.25, -0.2) is 0 Å². The van der Waals surface area contributed by atoms with Crippen molar-refractivity contribution in [2.45, 2.75) is 38.8 Å². The maximum Gasteiger partial charge on any atom is 0.227 e. The summed E-state index contributed by atoms with van der Waals surface area (Å²) in [5.74, 6) is 0.537. The fourth-order valence-corrected chi connectivity index (χ4v) is 2.57. The van der Waals surface area contributed by atoms with Crippen molar-refractivity contribution in [2.24, 2.45) is 11.8 Å². The van der Waals surface area contributed by atoms with Crippen molar-refractivity contribution >= 4 is 5.91 Å². The smallest absolute Gasteiger partial charge is 0.227 e. The van der Waals surface area contributed by atoms with Crippen LogP contribution in [-0.2, 0) is 4.79 Å². The Morgan fingerprint density at radius 2 is 2.12 bits per heavy atom. The van der Waals surface area contributed by atoms with E-state index >= 15 is 0 Å². The summed E-state index contributed by atoms with van der Waals surface area (Å²) in [4.78, 5) is 13.9. The van der Waals surface area contributed by atoms with Crippen LogP contribution in [0.1, 0.15) is 27.2 Å². The quantitative estimate of drug-likeness (QED) is 0.708. The van der Waals surface area contributed by atoms with E-state index in [1.54, 1.807) is 4.90 Å². The highest BCUT2D eigenvalue weighted by Crippen LogP contribution is 2.31. The Balaban J connectivity index is 1.90. The van der Waals surface area contributed by atoms with Gasteiger partial charge in [-0.3, -0.25) is 4.79 Å². The maximum atomic E-state index is 12.1. The number of amides is 1. The molecule has 0 aromatic heterocycles. The second-order valence-corrected chi connectivity index (χ2v) is 5.59. The molecule has 4 nitrogen and oxygen atoms in total. The van der Waals surface area contributed by atoms with Crippen molar-refractivity contribution in [3.8, 4) is 0 Å². The summed E-state index contributed by atoms with van der Waals surface area (Å²) in [5.41, 5.74) is -0.648. The summed E-state index contributed by atoms with van der Waals surface area (Å²) in [6, 6.07) is 0.278. The average molecular weight is 226 g/mol. The van der Waals surface area contributed by atoms with Crippen LogP contribution < -0.4 is 5.32 Å². The molecule has 0 aromatic rings. The zero-order chi connectivity index (χ0) is 11.9. The largest absolute Gasteiger partial charge is 0.386 e. The summed E-state index contributed by atoms with van der Waals surface area (Å²) < 4.78 is 0. The molecular weight excluding hydrogens is 204 g/mol. The predicted octanol–water partition coefficient (Wildman–Crippen LogP) is 0.214. The molecule has 0 radical (unpaired) electrons. The molecule has 2 atom stereocenters. The molecule has 0 spiro atoms. The molecular formula is C12H22N2O2. The highest BCUT2D eigenvalue weighted by Gasteiger charge is 2.48. The number of aliphatic hydroxyl groups is 1. The van der Waals surface area contributed by atoms with Crippen LogP contribution in [0.4, 0.5) is 0 Å². The van der Waals surface area contributed by atoms with Crippen LogP contribution in [-0.4, -0.2) is 47.2 Å². The Kier molecular flexibility index (Phi) is 2.97. The zero-order valence-corrected chi connectivity index (χ0v) is 10.4. The lowest BCUT2D eigenvalue weighted by molar-refractivity contribution is -0.167. The third-order valence-electron chi connectivity index (χ3n) is 4.16. The van der Waals surface area contributed by atoms with Gasteiger partial charge in [0, 0.05) is 6.04 Å². The molecule has 1 amide bonds. The normalized spacial score (nSPS) is 32.9. The first-order valence-electron chi connectivity index (χ1n) is 6.18. The third kappa shape index (κ3) is 1.84. The van der Waals surface area contributed by atoms with Gasteiger partial charge in [-0.05, 0) is 25.8 Å². The molecule has 2 fully saturated rings. The van der Waals surface area contributed by atoms with Gasteiger partial charge in [-0.1, -0.05) is 13.8 Å². The van der Waals surface area contributed by atoms with Crippen LogP contribution in [0.15, 0.2) is 0 Å². The minimum atomic E-state index is -0.648. The molecule has 0 bridgehead atoms. The third-order valence-corrected chi connectivity index (χ3v) is 4.16. The second-order valence-electron chi connectivity index (χ2n) is 5.59. The van der Waals surface area contributed by atoms with Gasteiger partial charge in [0.05, 0.1) is 19.0 Å². The number of carbonyl (C=O) groups excluding carboxylic acids is 1. The Hall–Kier alpha value is -0.610. The highest BCUT2D eigenvalue weighted by molar-refractivity contribution is 5.81. The number of β-amino-alcohol motifs (C(OH)–C–C–N with tert-alkyl or cyclic N) is 1. The van der Waals surface area contributed by atoms with E-state index in [2.05, 4.69) is 12.2 Å². The number of carbonyl (C=O) groups is 1. The first kappa shape index (κ1) is 11.9. The fourth-order valence-electron chi connectivity index (χ4n) is 2.57. The summed E-state index contributed by atoms with van der Waals surface area (Å²) in [6.45, 7) is 8.01. The maximum absolute atomic E-state index is 12.1. The highest BCUT2D eigenvalue weighted by atomic mass is 16.3. The molecule has 0 aromatic carbocycles. The van der Waals surface area contributed by atoms with Crippen molar-refractivity contribution in [3.05, 3.63) is 0 Å². The van der Waals surface area contributed by atoms with Crippen LogP contribution in [0.2, 0.25) is 0 Å². The monoisotopic (exact) mass is 226 g/mol. The molecule has 2 unspecified atom stereocenters. The summed E-state index contributed by atoms with van der Waals surface area (Å²) >= 11 is 0. The van der Waals surface area contributed by atoms with E-state index in [0.29, 0.717) is 13.1 Å². The number of hydrogen-bond donors (Lipinski definition) is 2. The number of rotatable bonds is 2. The van der Waals surface area contributed by atoms with Crippen molar-refractivity contribution < 1.29 is 9.90 Å². The molecule has 2 rings (SSSR count). The molecule has 2 N–H and O–H groups in total. The van der Waals surface area contributed by atoms with Crippen molar-refractivity contribution in [1.29, 1.82) is 0 Å². The van der Waals surface area contributed by atoms with Gasteiger partial charge in [-0.2, -0.15) is 0 Å². The van der Waals surface area contributed by atoms with Crippen LogP contribution >= 0.6 is 0 Å². The summed E-state index contributed by atoms with van der Waals surface area (Å²) in [7, 11) is 0. The molecule has 4 heteroatoms. The average Bonchev–Trinajstić information content (AvgIpc) is 2.58. The summed E-state index contributed by atoms with van der Waals surface area (Å²) in [6.07, 6.45) is 0.927. The van der Waals surface area contributed by atoms with Crippen LogP contribution in [0.25, 0.3) is 0 Å². The van der Waals surface area contributed by atoms with Gasteiger partial charge in [-0.15, -0.1) is 0 Å². The number of hydrogen-bond acceptors (Lipinski definition) is 3. The van der Waals surface area contributed by atoms with Crippen LogP contribution in [0, 0.1) is 11.8 Å². The van der Waals surface area contributed by atoms with Gasteiger partial charge in [0.15, 0.2) is 0 Å². The number of nitrogens with one attached hydrogen (secondary N) is 1. The van der Waals surface area contributed by atoms with Crippen LogP contribution in [0.3, 0.4) is 0 Å². The topological polar surface area (TPSA) is 52.6 Å². The van der Waals surface area contributed by atoms with Gasteiger partial charge in [0.1, 0.15) is 5.60 Å². The lowest BCUT2D eigenvalue weighted by Crippen LogP contribution is -2.67. The van der Waals surface area contributed by atoms with E-state index in [0.717, 1.165) is 13.0 Å². The molecule has 2 saturated heterocycles. The van der Waals surface area contributed by atoms with Gasteiger partial charge >= 0.3 is 0 Å². The van der Waals surface area contributed by atoms with E-state index in [4.69, 9.17) is 0 Å². The van der Waals surface area contributed by atoms with Crippen molar-refractivity contribution in [1.82, 2.24) is 10.2 Å². The van der Waals surface area contributed by atoms with Crippen LogP contribution in [0.5, 0.6) is 0 Å². The molecule has 0 saturated carbocycles. The Morgan fingerprint density at radius 1 is 1.50 bits per heavy atom. The lowest BCUT2D eigenvalue weighted by Gasteiger charge is -2.50. The molecule has 2 aliphatic heterocycles. The Labute approximate surface area is 97.0 Å². The molecule has 92 valence electrons. The second kappa shape index (κ2) is 4.00. The molecule has 2 heterocycles.